The van der Waals surface area contributed by atoms with E-state index in [0.717, 1.165) is 10.9 Å². The number of carbonyl (C=O) groups excluding carboxylic acids is 1. The highest BCUT2D eigenvalue weighted by molar-refractivity contribution is 6.35. The van der Waals surface area contributed by atoms with Gasteiger partial charge in [-0.15, -0.1) is 0 Å². The first-order chi connectivity index (χ1) is 8.22. The number of carbonyl (C=O) groups is 1. The Morgan fingerprint density at radius 1 is 1.41 bits per heavy atom. The van der Waals surface area contributed by atoms with Crippen molar-refractivity contribution in [2.75, 3.05) is 6.61 Å². The van der Waals surface area contributed by atoms with E-state index in [1.165, 1.54) is 0 Å². The molecule has 17 heavy (non-hydrogen) atoms. The van der Waals surface area contributed by atoms with Gasteiger partial charge in [-0.05, 0) is 19.1 Å². The van der Waals surface area contributed by atoms with Gasteiger partial charge in [0.05, 0.1) is 23.6 Å². The molecule has 0 bridgehead atoms. The van der Waals surface area contributed by atoms with Crippen molar-refractivity contribution in [2.24, 2.45) is 0 Å². The molecule has 0 saturated heterocycles. The average molecular weight is 252 g/mol. The molecule has 0 spiro atoms. The van der Waals surface area contributed by atoms with Crippen molar-refractivity contribution in [2.45, 2.75) is 19.9 Å². The molecule has 0 radical (unpaired) electrons. The minimum absolute atomic E-state index is 0.179. The smallest absolute Gasteiger partial charge is 0.307 e. The molecule has 1 heterocycles. The van der Waals surface area contributed by atoms with Crippen LogP contribution >= 0.6 is 11.6 Å². The second-order valence-corrected chi connectivity index (χ2v) is 4.15. The Bertz CT molecular complexity index is 533. The minimum atomic E-state index is -0.179. The Balaban J connectivity index is 2.16. The number of ether oxygens (including phenoxy) is 1. The molecule has 90 valence electrons. The van der Waals surface area contributed by atoms with Gasteiger partial charge in [-0.2, -0.15) is 0 Å². The zero-order chi connectivity index (χ0) is 12.3. The summed E-state index contributed by atoms with van der Waals surface area (Å²) in [5, 5.41) is 1.79. The van der Waals surface area contributed by atoms with E-state index in [-0.39, 0.29) is 5.97 Å². The number of fused-ring (bicyclic) bond motifs is 1. The lowest BCUT2D eigenvalue weighted by molar-refractivity contribution is -0.143. The van der Waals surface area contributed by atoms with Crippen molar-refractivity contribution in [3.05, 3.63) is 35.5 Å². The predicted octanol–water partition coefficient (Wildman–Crippen LogP) is 3.25. The molecule has 2 rings (SSSR count). The van der Waals surface area contributed by atoms with Crippen LogP contribution in [-0.4, -0.2) is 17.1 Å². The topological polar surface area (TPSA) is 31.2 Å². The Morgan fingerprint density at radius 2 is 2.24 bits per heavy atom. The molecule has 4 heteroatoms. The molecular weight excluding hydrogens is 238 g/mol. The summed E-state index contributed by atoms with van der Waals surface area (Å²) >= 11 is 6.14. The maximum atomic E-state index is 11.3. The Hall–Kier alpha value is -1.48. The first-order valence-electron chi connectivity index (χ1n) is 5.61. The molecule has 0 fully saturated rings. The monoisotopic (exact) mass is 251 g/mol. The fourth-order valence-electron chi connectivity index (χ4n) is 1.85. The highest BCUT2D eigenvalue weighted by atomic mass is 35.5. The van der Waals surface area contributed by atoms with Gasteiger partial charge in [0.15, 0.2) is 0 Å². The summed E-state index contributed by atoms with van der Waals surface area (Å²) < 4.78 is 6.88. The van der Waals surface area contributed by atoms with Crippen molar-refractivity contribution < 1.29 is 9.53 Å². The summed E-state index contributed by atoms with van der Waals surface area (Å²) in [5.74, 6) is -0.179. The molecule has 0 aliphatic carbocycles. The Morgan fingerprint density at radius 3 is 3.00 bits per heavy atom. The van der Waals surface area contributed by atoms with E-state index in [0.29, 0.717) is 24.6 Å². The van der Waals surface area contributed by atoms with Crippen LogP contribution in [0.1, 0.15) is 13.3 Å². The summed E-state index contributed by atoms with van der Waals surface area (Å²) in [6.45, 7) is 2.82. The minimum Gasteiger partial charge on any atom is -0.466 e. The number of rotatable bonds is 4. The third-order valence-electron chi connectivity index (χ3n) is 2.60. The van der Waals surface area contributed by atoms with Gasteiger partial charge in [0.25, 0.3) is 0 Å². The largest absolute Gasteiger partial charge is 0.466 e. The SMILES string of the molecule is CCOC(=O)CCn1ccc2cccc(Cl)c21. The van der Waals surface area contributed by atoms with Crippen LogP contribution in [0.15, 0.2) is 30.5 Å². The molecule has 0 saturated carbocycles. The zero-order valence-corrected chi connectivity index (χ0v) is 10.4. The van der Waals surface area contributed by atoms with E-state index in [1.807, 2.05) is 35.0 Å². The van der Waals surface area contributed by atoms with Gasteiger partial charge < -0.3 is 9.30 Å². The Kier molecular flexibility index (Phi) is 3.69. The number of hydrogen-bond acceptors (Lipinski definition) is 2. The Labute approximate surface area is 105 Å². The van der Waals surface area contributed by atoms with E-state index >= 15 is 0 Å². The van der Waals surface area contributed by atoms with Gasteiger partial charge in [-0.25, -0.2) is 0 Å². The van der Waals surface area contributed by atoms with Crippen molar-refractivity contribution in [3.63, 3.8) is 0 Å². The van der Waals surface area contributed by atoms with Gasteiger partial charge in [-0.1, -0.05) is 23.7 Å². The highest BCUT2D eigenvalue weighted by Gasteiger charge is 2.07. The summed E-state index contributed by atoms with van der Waals surface area (Å²) in [4.78, 5) is 11.3. The van der Waals surface area contributed by atoms with Crippen LogP contribution in [0.4, 0.5) is 0 Å². The van der Waals surface area contributed by atoms with Crippen LogP contribution in [0.2, 0.25) is 5.02 Å². The molecule has 0 unspecified atom stereocenters. The molecule has 0 aliphatic rings. The van der Waals surface area contributed by atoms with Crippen LogP contribution in [0.5, 0.6) is 0 Å². The van der Waals surface area contributed by atoms with E-state index in [9.17, 15) is 4.79 Å². The lowest BCUT2D eigenvalue weighted by Gasteiger charge is -2.06. The standard InChI is InChI=1S/C13H14ClNO2/c1-2-17-12(16)7-9-15-8-6-10-4-3-5-11(14)13(10)15/h3-6,8H,2,7,9H2,1H3. The molecule has 1 aromatic carbocycles. The third-order valence-corrected chi connectivity index (χ3v) is 2.91. The molecular formula is C13H14ClNO2. The second-order valence-electron chi connectivity index (χ2n) is 3.74. The highest BCUT2D eigenvalue weighted by Crippen LogP contribution is 2.24. The van der Waals surface area contributed by atoms with E-state index < -0.39 is 0 Å². The first kappa shape index (κ1) is 12.0. The zero-order valence-electron chi connectivity index (χ0n) is 9.65. The lowest BCUT2D eigenvalue weighted by Crippen LogP contribution is -2.08. The lowest BCUT2D eigenvalue weighted by atomic mass is 10.2. The fourth-order valence-corrected chi connectivity index (χ4v) is 2.14. The van der Waals surface area contributed by atoms with Gasteiger partial charge in [0.2, 0.25) is 0 Å². The summed E-state index contributed by atoms with van der Waals surface area (Å²) in [6, 6.07) is 7.76. The van der Waals surface area contributed by atoms with Crippen LogP contribution in [-0.2, 0) is 16.1 Å². The predicted molar refractivity (Wildman–Crippen MR) is 68.2 cm³/mol. The van der Waals surface area contributed by atoms with Crippen LogP contribution in [0.3, 0.4) is 0 Å². The number of halogens is 1. The van der Waals surface area contributed by atoms with Crippen molar-refractivity contribution in [1.29, 1.82) is 0 Å². The van der Waals surface area contributed by atoms with Gasteiger partial charge in [0, 0.05) is 18.1 Å². The van der Waals surface area contributed by atoms with Gasteiger partial charge in [-0.3, -0.25) is 4.79 Å². The normalized spacial score (nSPS) is 10.7. The number of nitrogens with zero attached hydrogens (tertiary/aromatic N) is 1. The number of aromatic nitrogens is 1. The molecule has 0 atom stereocenters. The van der Waals surface area contributed by atoms with E-state index in [4.69, 9.17) is 16.3 Å². The van der Waals surface area contributed by atoms with Crippen molar-refractivity contribution in [3.8, 4) is 0 Å². The van der Waals surface area contributed by atoms with Crippen molar-refractivity contribution in [1.82, 2.24) is 4.57 Å². The van der Waals surface area contributed by atoms with Crippen LogP contribution < -0.4 is 0 Å². The van der Waals surface area contributed by atoms with E-state index in [2.05, 4.69) is 0 Å². The third kappa shape index (κ3) is 2.61. The summed E-state index contributed by atoms with van der Waals surface area (Å²) in [5.41, 5.74) is 0.971. The van der Waals surface area contributed by atoms with Gasteiger partial charge in [0.1, 0.15) is 0 Å². The fraction of sp³-hybridized carbons (Fsp3) is 0.308. The summed E-state index contributed by atoms with van der Waals surface area (Å²) in [6.07, 6.45) is 2.30. The molecule has 3 nitrogen and oxygen atoms in total. The molecule has 2 aromatic rings. The molecule has 1 aromatic heterocycles. The number of aryl methyl sites for hydroxylation is 1. The maximum Gasteiger partial charge on any atom is 0.307 e. The van der Waals surface area contributed by atoms with Crippen LogP contribution in [0.25, 0.3) is 10.9 Å². The van der Waals surface area contributed by atoms with Crippen molar-refractivity contribution >= 4 is 28.5 Å². The average Bonchev–Trinajstić information content (AvgIpc) is 2.71. The number of benzene rings is 1. The number of esters is 1. The molecule has 0 N–H and O–H groups in total. The quantitative estimate of drug-likeness (QED) is 0.781. The number of para-hydroxylation sites is 1. The maximum absolute atomic E-state index is 11.3. The van der Waals surface area contributed by atoms with Crippen LogP contribution in [0, 0.1) is 0 Å². The summed E-state index contributed by atoms with van der Waals surface area (Å²) in [7, 11) is 0. The van der Waals surface area contributed by atoms with E-state index in [1.54, 1.807) is 6.92 Å². The van der Waals surface area contributed by atoms with Gasteiger partial charge >= 0.3 is 5.97 Å². The molecule has 0 aliphatic heterocycles. The first-order valence-corrected chi connectivity index (χ1v) is 5.99. The number of hydrogen-bond donors (Lipinski definition) is 0. The molecule has 0 amide bonds. The second kappa shape index (κ2) is 5.23.